The maximum absolute atomic E-state index is 12.3. The van der Waals surface area contributed by atoms with Crippen molar-refractivity contribution in [2.24, 2.45) is 0 Å². The Labute approximate surface area is 169 Å². The molecule has 1 heterocycles. The predicted octanol–water partition coefficient (Wildman–Crippen LogP) is 2.78. The Morgan fingerprint density at radius 1 is 1.18 bits per heavy atom. The van der Waals surface area contributed by atoms with Gasteiger partial charge < -0.3 is 14.8 Å². The third-order valence-electron chi connectivity index (χ3n) is 4.59. The fourth-order valence-corrected chi connectivity index (χ4v) is 3.19. The number of amides is 1. The second-order valence-corrected chi connectivity index (χ2v) is 6.88. The van der Waals surface area contributed by atoms with Crippen LogP contribution in [0.1, 0.15) is 17.2 Å². The number of carbonyl (C=O) groups excluding carboxylic acids is 1. The number of carbonyl (C=O) groups is 1. The largest absolute Gasteiger partial charge is 0.484 e. The van der Waals surface area contributed by atoms with Crippen molar-refractivity contribution in [1.29, 1.82) is 5.26 Å². The smallest absolute Gasteiger partial charge is 0.258 e. The van der Waals surface area contributed by atoms with Crippen molar-refractivity contribution < 1.29 is 14.3 Å². The standard InChI is InChI=1S/C21H22ClN3O3/c22-18-5-3-17(4-6-18)20(25-9-11-27-12-10-25)14-24-21(26)15-28-19-7-1-16(13-23)2-8-19/h1-8,20H,9-12,14-15H2,(H,24,26). The van der Waals surface area contributed by atoms with Crippen LogP contribution in [0.5, 0.6) is 5.75 Å². The lowest BCUT2D eigenvalue weighted by atomic mass is 10.0. The molecule has 1 aliphatic rings. The highest BCUT2D eigenvalue weighted by Crippen LogP contribution is 2.23. The summed E-state index contributed by atoms with van der Waals surface area (Å²) in [5.74, 6) is 0.355. The first kappa shape index (κ1) is 20.2. The van der Waals surface area contributed by atoms with Gasteiger partial charge in [0.15, 0.2) is 6.61 Å². The van der Waals surface area contributed by atoms with Crippen LogP contribution < -0.4 is 10.1 Å². The lowest BCUT2D eigenvalue weighted by Crippen LogP contribution is -2.44. The molecule has 0 radical (unpaired) electrons. The van der Waals surface area contributed by atoms with E-state index in [1.807, 2.05) is 30.3 Å². The van der Waals surface area contributed by atoms with Gasteiger partial charge in [0.25, 0.3) is 5.91 Å². The quantitative estimate of drug-likeness (QED) is 0.774. The maximum atomic E-state index is 12.3. The van der Waals surface area contributed by atoms with E-state index >= 15 is 0 Å². The van der Waals surface area contributed by atoms with Crippen molar-refractivity contribution >= 4 is 17.5 Å². The number of rotatable bonds is 7. The molecule has 1 fully saturated rings. The van der Waals surface area contributed by atoms with Crippen molar-refractivity contribution in [3.8, 4) is 11.8 Å². The van der Waals surface area contributed by atoms with E-state index in [0.717, 1.165) is 18.7 Å². The molecule has 0 aliphatic carbocycles. The zero-order valence-corrected chi connectivity index (χ0v) is 16.2. The first-order valence-electron chi connectivity index (χ1n) is 9.12. The van der Waals surface area contributed by atoms with E-state index in [1.54, 1.807) is 24.3 Å². The number of nitriles is 1. The van der Waals surface area contributed by atoms with Crippen molar-refractivity contribution in [2.75, 3.05) is 39.5 Å². The molecule has 7 heteroatoms. The SMILES string of the molecule is N#Cc1ccc(OCC(=O)NCC(c2ccc(Cl)cc2)N2CCOCC2)cc1. The number of hydrogen-bond acceptors (Lipinski definition) is 5. The lowest BCUT2D eigenvalue weighted by Gasteiger charge is -2.35. The first-order chi connectivity index (χ1) is 13.7. The Kier molecular flexibility index (Phi) is 7.26. The van der Waals surface area contributed by atoms with Crippen molar-refractivity contribution in [3.63, 3.8) is 0 Å². The number of morpholine rings is 1. The molecule has 146 valence electrons. The summed E-state index contributed by atoms with van der Waals surface area (Å²) < 4.78 is 10.9. The average molecular weight is 400 g/mol. The van der Waals surface area contributed by atoms with Crippen LogP contribution in [0.3, 0.4) is 0 Å². The van der Waals surface area contributed by atoms with Gasteiger partial charge in [0, 0.05) is 24.7 Å². The van der Waals surface area contributed by atoms with Gasteiger partial charge in [-0.25, -0.2) is 0 Å². The van der Waals surface area contributed by atoms with E-state index in [-0.39, 0.29) is 18.6 Å². The summed E-state index contributed by atoms with van der Waals surface area (Å²) in [4.78, 5) is 14.6. The summed E-state index contributed by atoms with van der Waals surface area (Å²) in [7, 11) is 0. The number of ether oxygens (including phenoxy) is 2. The van der Waals surface area contributed by atoms with Crippen molar-refractivity contribution in [2.45, 2.75) is 6.04 Å². The molecule has 1 amide bonds. The van der Waals surface area contributed by atoms with Crippen LogP contribution >= 0.6 is 11.6 Å². The van der Waals surface area contributed by atoms with Crippen LogP contribution in [0.4, 0.5) is 0 Å². The molecule has 0 saturated carbocycles. The molecule has 1 N–H and O–H groups in total. The Morgan fingerprint density at radius 3 is 2.50 bits per heavy atom. The Balaban J connectivity index is 1.56. The second-order valence-electron chi connectivity index (χ2n) is 6.44. The molecule has 1 unspecified atom stereocenters. The van der Waals surface area contributed by atoms with Gasteiger partial charge in [0.1, 0.15) is 5.75 Å². The van der Waals surface area contributed by atoms with Gasteiger partial charge in [0.05, 0.1) is 30.9 Å². The third kappa shape index (κ3) is 5.70. The minimum atomic E-state index is -0.198. The van der Waals surface area contributed by atoms with E-state index in [2.05, 4.69) is 10.2 Å². The maximum Gasteiger partial charge on any atom is 0.258 e. The van der Waals surface area contributed by atoms with Gasteiger partial charge in [0.2, 0.25) is 0 Å². The zero-order valence-electron chi connectivity index (χ0n) is 15.4. The molecule has 1 atom stereocenters. The summed E-state index contributed by atoms with van der Waals surface area (Å²) in [6.45, 7) is 3.37. The van der Waals surface area contributed by atoms with Crippen LogP contribution in [0.25, 0.3) is 0 Å². The molecule has 6 nitrogen and oxygen atoms in total. The Hall–Kier alpha value is -2.59. The molecule has 3 rings (SSSR count). The van der Waals surface area contributed by atoms with E-state index in [1.165, 1.54) is 0 Å². The zero-order chi connectivity index (χ0) is 19.8. The van der Waals surface area contributed by atoms with Crippen LogP contribution in [0, 0.1) is 11.3 Å². The molecule has 0 spiro atoms. The van der Waals surface area contributed by atoms with Gasteiger partial charge in [-0.05, 0) is 42.0 Å². The average Bonchev–Trinajstić information content (AvgIpc) is 2.75. The molecule has 2 aromatic carbocycles. The topological polar surface area (TPSA) is 74.6 Å². The van der Waals surface area contributed by atoms with E-state index in [4.69, 9.17) is 26.3 Å². The summed E-state index contributed by atoms with van der Waals surface area (Å²) in [6.07, 6.45) is 0. The van der Waals surface area contributed by atoms with E-state index in [0.29, 0.717) is 36.1 Å². The number of halogens is 1. The van der Waals surface area contributed by atoms with Crippen LogP contribution in [0.2, 0.25) is 5.02 Å². The fourth-order valence-electron chi connectivity index (χ4n) is 3.07. The molecule has 28 heavy (non-hydrogen) atoms. The number of hydrogen-bond donors (Lipinski definition) is 1. The number of nitrogens with zero attached hydrogens (tertiary/aromatic N) is 2. The van der Waals surface area contributed by atoms with Crippen molar-refractivity contribution in [1.82, 2.24) is 10.2 Å². The number of nitrogens with one attached hydrogen (secondary N) is 1. The van der Waals surface area contributed by atoms with Gasteiger partial charge in [-0.2, -0.15) is 5.26 Å². The fraction of sp³-hybridized carbons (Fsp3) is 0.333. The highest BCUT2D eigenvalue weighted by atomic mass is 35.5. The molecular formula is C21H22ClN3O3. The summed E-state index contributed by atoms with van der Waals surface area (Å²) in [5.41, 5.74) is 1.65. The molecular weight excluding hydrogens is 378 g/mol. The monoisotopic (exact) mass is 399 g/mol. The second kappa shape index (κ2) is 10.1. The van der Waals surface area contributed by atoms with Gasteiger partial charge in [-0.1, -0.05) is 23.7 Å². The molecule has 0 bridgehead atoms. The lowest BCUT2D eigenvalue weighted by molar-refractivity contribution is -0.123. The van der Waals surface area contributed by atoms with Crippen LogP contribution in [-0.2, 0) is 9.53 Å². The molecule has 0 aromatic heterocycles. The minimum Gasteiger partial charge on any atom is -0.484 e. The van der Waals surface area contributed by atoms with Gasteiger partial charge >= 0.3 is 0 Å². The Morgan fingerprint density at radius 2 is 1.86 bits per heavy atom. The summed E-state index contributed by atoms with van der Waals surface area (Å²) in [5, 5.41) is 12.4. The molecule has 2 aromatic rings. The van der Waals surface area contributed by atoms with E-state index < -0.39 is 0 Å². The first-order valence-corrected chi connectivity index (χ1v) is 9.50. The Bertz CT molecular complexity index is 812. The highest BCUT2D eigenvalue weighted by molar-refractivity contribution is 6.30. The van der Waals surface area contributed by atoms with Crippen LogP contribution in [0.15, 0.2) is 48.5 Å². The molecule has 1 aliphatic heterocycles. The third-order valence-corrected chi connectivity index (χ3v) is 4.84. The summed E-state index contributed by atoms with van der Waals surface area (Å²) in [6, 6.07) is 16.4. The normalized spacial score (nSPS) is 15.4. The predicted molar refractivity (Wildman–Crippen MR) is 106 cm³/mol. The minimum absolute atomic E-state index is 0.0417. The van der Waals surface area contributed by atoms with Crippen LogP contribution in [-0.4, -0.2) is 50.3 Å². The highest BCUT2D eigenvalue weighted by Gasteiger charge is 2.23. The van der Waals surface area contributed by atoms with Crippen molar-refractivity contribution in [3.05, 3.63) is 64.7 Å². The summed E-state index contributed by atoms with van der Waals surface area (Å²) >= 11 is 6.01. The van der Waals surface area contributed by atoms with Gasteiger partial charge in [-0.3, -0.25) is 9.69 Å². The van der Waals surface area contributed by atoms with Gasteiger partial charge in [-0.15, -0.1) is 0 Å². The number of benzene rings is 2. The van der Waals surface area contributed by atoms with E-state index in [9.17, 15) is 4.79 Å². The molecule has 1 saturated heterocycles.